The molecule has 2 aliphatic heterocycles. The Balaban J connectivity index is 1.54. The van der Waals surface area contributed by atoms with E-state index in [0.29, 0.717) is 10.5 Å². The molecule has 0 radical (unpaired) electrons. The third-order valence-electron chi connectivity index (χ3n) is 5.18. The zero-order chi connectivity index (χ0) is 27.6. The quantitative estimate of drug-likeness (QED) is 0.663. The summed E-state index contributed by atoms with van der Waals surface area (Å²) < 4.78 is 69.5. The van der Waals surface area contributed by atoms with Crippen molar-refractivity contribution in [1.82, 2.24) is 10.2 Å². The van der Waals surface area contributed by atoms with Crippen LogP contribution in [0.25, 0.3) is 0 Å². The number of carbonyl (C=O) groups excluding carboxylic acids is 4. The van der Waals surface area contributed by atoms with Crippen LogP contribution < -0.4 is 5.32 Å². The smallest absolute Gasteiger partial charge is 0.322 e. The normalized spacial score (nSPS) is 26.3. The summed E-state index contributed by atoms with van der Waals surface area (Å²) in [7, 11) is 0. The number of piperidine rings is 1. The third-order valence-corrected chi connectivity index (χ3v) is 5.43. The van der Waals surface area contributed by atoms with Crippen LogP contribution in [0.2, 0.25) is 5.02 Å². The monoisotopic (exact) mass is 465 g/mol. The second-order valence-electron chi connectivity index (χ2n) is 7.27. The van der Waals surface area contributed by atoms with Crippen molar-refractivity contribution in [2.24, 2.45) is 0 Å². The van der Waals surface area contributed by atoms with Crippen molar-refractivity contribution in [2.45, 2.75) is 44.1 Å². The highest BCUT2D eigenvalue weighted by Gasteiger charge is 2.41. The molecule has 6 nitrogen and oxygen atoms in total. The summed E-state index contributed by atoms with van der Waals surface area (Å²) in [6.07, 6.45) is -7.35. The van der Waals surface area contributed by atoms with Crippen molar-refractivity contribution < 1.29 is 34.8 Å². The number of rotatable bonds is 6. The highest BCUT2D eigenvalue weighted by atomic mass is 35.5. The van der Waals surface area contributed by atoms with Crippen molar-refractivity contribution in [2.75, 3.05) is 0 Å². The molecule has 0 aliphatic carbocycles. The number of hydrogen-bond donors (Lipinski definition) is 1. The Bertz CT molecular complexity index is 1340. The first-order valence-corrected chi connectivity index (χ1v) is 9.89. The standard InChI is InChI=1S/C23H19ClF2N2O4/c24-16-5-3-15(4-6-16)23(25,26)19(29)9-2-13-1-7-17-14(11-13)12-28(22(17)32)18-8-10-20(30)27-21(18)31/h1,3-7,11,18H,2,8-10,12H2,(H,27,30,31)/i8D2,10D2,18D. The summed E-state index contributed by atoms with van der Waals surface area (Å²) >= 11 is 5.71. The lowest BCUT2D eigenvalue weighted by atomic mass is 9.97. The summed E-state index contributed by atoms with van der Waals surface area (Å²) in [6.45, 7) is -0.475. The largest absolute Gasteiger partial charge is 0.330 e. The van der Waals surface area contributed by atoms with Crippen LogP contribution in [0.15, 0.2) is 42.5 Å². The molecule has 2 aromatic rings. The van der Waals surface area contributed by atoms with Crippen molar-refractivity contribution in [3.63, 3.8) is 0 Å². The van der Waals surface area contributed by atoms with Gasteiger partial charge in [0, 0.05) is 41.0 Å². The fourth-order valence-corrected chi connectivity index (χ4v) is 3.63. The number of fused-ring (bicyclic) bond motifs is 1. The van der Waals surface area contributed by atoms with Gasteiger partial charge in [-0.15, -0.1) is 0 Å². The van der Waals surface area contributed by atoms with Crippen molar-refractivity contribution in [3.05, 3.63) is 69.7 Å². The lowest BCUT2D eigenvalue weighted by molar-refractivity contribution is -0.144. The van der Waals surface area contributed by atoms with Gasteiger partial charge >= 0.3 is 5.92 Å². The molecule has 1 unspecified atom stereocenters. The van der Waals surface area contributed by atoms with E-state index in [-0.39, 0.29) is 22.6 Å². The van der Waals surface area contributed by atoms with E-state index in [1.54, 1.807) is 5.32 Å². The summed E-state index contributed by atoms with van der Waals surface area (Å²) in [5.41, 5.74) is 0.117. The van der Waals surface area contributed by atoms with Gasteiger partial charge in [-0.25, -0.2) is 0 Å². The number of imide groups is 1. The van der Waals surface area contributed by atoms with Crippen molar-refractivity contribution in [3.8, 4) is 0 Å². The Hall–Kier alpha value is -3.13. The highest BCUT2D eigenvalue weighted by molar-refractivity contribution is 6.30. The van der Waals surface area contributed by atoms with Gasteiger partial charge < -0.3 is 4.90 Å². The van der Waals surface area contributed by atoms with Gasteiger partial charge in [-0.1, -0.05) is 35.9 Å². The van der Waals surface area contributed by atoms with E-state index in [0.717, 1.165) is 12.1 Å². The molecule has 1 N–H and O–H groups in total. The number of ketones is 1. The van der Waals surface area contributed by atoms with E-state index in [2.05, 4.69) is 0 Å². The molecule has 1 atom stereocenters. The fourth-order valence-electron chi connectivity index (χ4n) is 3.50. The van der Waals surface area contributed by atoms with Crippen LogP contribution in [-0.2, 0) is 33.3 Å². The molecule has 0 spiro atoms. The number of amides is 3. The number of aryl methyl sites for hydroxylation is 1. The molecule has 2 aliphatic rings. The summed E-state index contributed by atoms with van der Waals surface area (Å²) in [6, 6.07) is 5.62. The first-order valence-electron chi connectivity index (χ1n) is 12.0. The van der Waals surface area contributed by atoms with Gasteiger partial charge in [0.25, 0.3) is 5.91 Å². The molecule has 2 heterocycles. The molecule has 32 heavy (non-hydrogen) atoms. The Morgan fingerprint density at radius 1 is 1.22 bits per heavy atom. The molecular formula is C23H19ClF2N2O4. The van der Waals surface area contributed by atoms with Gasteiger partial charge in [-0.3, -0.25) is 24.5 Å². The Kier molecular flexibility index (Phi) is 4.34. The third kappa shape index (κ3) is 4.14. The summed E-state index contributed by atoms with van der Waals surface area (Å²) in [5.74, 6) is -9.07. The van der Waals surface area contributed by atoms with Crippen LogP contribution >= 0.6 is 11.6 Å². The zero-order valence-corrected chi connectivity index (χ0v) is 17.1. The first kappa shape index (κ1) is 16.5. The number of carbonyl (C=O) groups is 4. The number of hydrogen-bond acceptors (Lipinski definition) is 4. The fraction of sp³-hybridized carbons (Fsp3) is 0.304. The molecule has 3 amide bonds. The summed E-state index contributed by atoms with van der Waals surface area (Å²) in [5, 5.41) is 1.87. The number of halogens is 3. The van der Waals surface area contributed by atoms with Crippen LogP contribution in [-0.4, -0.2) is 34.4 Å². The van der Waals surface area contributed by atoms with E-state index in [4.69, 9.17) is 18.5 Å². The number of nitrogens with one attached hydrogen (secondary N) is 1. The predicted molar refractivity (Wildman–Crippen MR) is 111 cm³/mol. The molecule has 166 valence electrons. The molecule has 0 bridgehead atoms. The molecule has 4 rings (SSSR count). The van der Waals surface area contributed by atoms with E-state index in [1.165, 1.54) is 30.3 Å². The number of nitrogens with zero attached hydrogens (tertiary/aromatic N) is 1. The molecule has 9 heteroatoms. The lowest BCUT2D eigenvalue weighted by Crippen LogP contribution is -2.52. The number of benzene rings is 2. The van der Waals surface area contributed by atoms with E-state index in [9.17, 15) is 28.0 Å². The minimum absolute atomic E-state index is 0.00532. The maximum Gasteiger partial charge on any atom is 0.330 e. The lowest BCUT2D eigenvalue weighted by Gasteiger charge is -2.29. The maximum absolute atomic E-state index is 14.6. The van der Waals surface area contributed by atoms with E-state index >= 15 is 0 Å². The first-order chi connectivity index (χ1) is 17.0. The zero-order valence-electron chi connectivity index (χ0n) is 21.4. The minimum atomic E-state index is -3.75. The Morgan fingerprint density at radius 3 is 2.66 bits per heavy atom. The van der Waals surface area contributed by atoms with Gasteiger partial charge in [0.2, 0.25) is 17.6 Å². The number of alkyl halides is 2. The molecule has 0 saturated carbocycles. The molecule has 2 aromatic carbocycles. The second-order valence-corrected chi connectivity index (χ2v) is 7.71. The topological polar surface area (TPSA) is 83.6 Å². The highest BCUT2D eigenvalue weighted by Crippen LogP contribution is 2.32. The number of Topliss-reactive ketones (excluding diaryl/α,β-unsaturated/α-hetero) is 1. The summed E-state index contributed by atoms with van der Waals surface area (Å²) in [4.78, 5) is 50.2. The maximum atomic E-state index is 14.6. The van der Waals surface area contributed by atoms with E-state index in [1.807, 2.05) is 0 Å². The Labute approximate surface area is 194 Å². The molecule has 1 saturated heterocycles. The van der Waals surface area contributed by atoms with Crippen LogP contribution in [0.1, 0.15) is 53.1 Å². The average molecular weight is 466 g/mol. The van der Waals surface area contributed by atoms with Gasteiger partial charge in [-0.05, 0) is 42.1 Å². The molecule has 0 aromatic heterocycles. The van der Waals surface area contributed by atoms with Crippen LogP contribution in [0.4, 0.5) is 8.78 Å². The van der Waals surface area contributed by atoms with Gasteiger partial charge in [0.15, 0.2) is 0 Å². The Morgan fingerprint density at radius 2 is 1.94 bits per heavy atom. The SMILES string of the molecule is [2H]C1([2H])C(=O)NC(=O)C([2H])(N2Cc3cc(CCC(=O)C(F)(F)c4ccc(Cl)cc4)ccc3C2=O)C1([2H])[2H]. The van der Waals surface area contributed by atoms with Gasteiger partial charge in [-0.2, -0.15) is 8.78 Å². The van der Waals surface area contributed by atoms with E-state index < -0.39 is 66.7 Å². The van der Waals surface area contributed by atoms with Crippen molar-refractivity contribution >= 4 is 35.1 Å². The average Bonchev–Trinajstić information content (AvgIpc) is 3.17. The van der Waals surface area contributed by atoms with Crippen LogP contribution in [0.5, 0.6) is 0 Å². The molecular weight excluding hydrogens is 442 g/mol. The molecule has 1 fully saturated rings. The van der Waals surface area contributed by atoms with Crippen LogP contribution in [0, 0.1) is 0 Å². The van der Waals surface area contributed by atoms with Crippen LogP contribution in [0.3, 0.4) is 0 Å². The van der Waals surface area contributed by atoms with Gasteiger partial charge in [0.1, 0.15) is 6.02 Å². The van der Waals surface area contributed by atoms with Gasteiger partial charge in [0.05, 0.1) is 1.37 Å². The predicted octanol–water partition coefficient (Wildman–Crippen LogP) is 3.39. The van der Waals surface area contributed by atoms with Crippen molar-refractivity contribution in [1.29, 1.82) is 0 Å². The second kappa shape index (κ2) is 8.43. The minimum Gasteiger partial charge on any atom is -0.322 e.